The molecule has 0 aliphatic carbocycles. The first kappa shape index (κ1) is 17.0. The Kier molecular flexibility index (Phi) is 6.51. The first-order valence-electron chi connectivity index (χ1n) is 6.68. The number of hydrogen-bond donors (Lipinski definition) is 0. The molecule has 1 aromatic rings. The fourth-order valence-electron chi connectivity index (χ4n) is 1.79. The number of hydrogen-bond acceptors (Lipinski definition) is 5. The van der Waals surface area contributed by atoms with E-state index >= 15 is 0 Å². The predicted octanol–water partition coefficient (Wildman–Crippen LogP) is 0.621. The summed E-state index contributed by atoms with van der Waals surface area (Å²) in [6, 6.07) is 0.300. The summed E-state index contributed by atoms with van der Waals surface area (Å²) in [6.45, 7) is 2.85. The van der Waals surface area contributed by atoms with E-state index in [0.29, 0.717) is 12.5 Å². The maximum atomic E-state index is 11.7. The van der Waals surface area contributed by atoms with Crippen molar-refractivity contribution >= 4 is 10.0 Å². The van der Waals surface area contributed by atoms with Gasteiger partial charge in [0.15, 0.2) is 0 Å². The fraction of sp³-hybridized carbons (Fsp3) is 0.692. The summed E-state index contributed by atoms with van der Waals surface area (Å²) < 4.78 is 24.6. The average molecular weight is 300 g/mol. The molecule has 0 bridgehead atoms. The summed E-state index contributed by atoms with van der Waals surface area (Å²) in [5.41, 5.74) is 0.952. The van der Waals surface area contributed by atoms with Crippen LogP contribution in [0.1, 0.15) is 19.0 Å². The zero-order valence-electron chi connectivity index (χ0n) is 12.7. The van der Waals surface area contributed by atoms with Gasteiger partial charge >= 0.3 is 0 Å². The first-order chi connectivity index (χ1) is 9.33. The van der Waals surface area contributed by atoms with Crippen LogP contribution < -0.4 is 0 Å². The van der Waals surface area contributed by atoms with Gasteiger partial charge in [0.25, 0.3) is 0 Å². The van der Waals surface area contributed by atoms with Crippen molar-refractivity contribution in [2.24, 2.45) is 0 Å². The third kappa shape index (κ3) is 5.52. The number of nitrogens with zero attached hydrogens (tertiary/aromatic N) is 4. The van der Waals surface area contributed by atoms with Gasteiger partial charge in [-0.15, -0.1) is 0 Å². The van der Waals surface area contributed by atoms with E-state index in [1.807, 2.05) is 7.05 Å². The van der Waals surface area contributed by atoms with Gasteiger partial charge in [0, 0.05) is 45.1 Å². The predicted molar refractivity (Wildman–Crippen MR) is 79.9 cm³/mol. The van der Waals surface area contributed by atoms with Crippen LogP contribution in [-0.4, -0.2) is 67.1 Å². The molecule has 0 aromatic carbocycles. The smallest absolute Gasteiger partial charge is 0.213 e. The Morgan fingerprint density at radius 2 is 1.95 bits per heavy atom. The minimum atomic E-state index is -3.09. The molecule has 1 unspecified atom stereocenters. The van der Waals surface area contributed by atoms with Crippen molar-refractivity contribution in [2.75, 3.05) is 33.4 Å². The maximum absolute atomic E-state index is 11.7. The van der Waals surface area contributed by atoms with Gasteiger partial charge in [-0.25, -0.2) is 12.7 Å². The molecule has 7 heteroatoms. The molecule has 0 saturated carbocycles. The summed E-state index contributed by atoms with van der Waals surface area (Å²) in [5.74, 6) is 0.183. The van der Waals surface area contributed by atoms with E-state index in [4.69, 9.17) is 0 Å². The summed E-state index contributed by atoms with van der Waals surface area (Å²) in [5, 5.41) is 0. The summed E-state index contributed by atoms with van der Waals surface area (Å²) in [4.78, 5) is 10.4. The molecule has 0 amide bonds. The molecule has 6 nitrogen and oxygen atoms in total. The van der Waals surface area contributed by atoms with Gasteiger partial charge in [0.1, 0.15) is 0 Å². The minimum absolute atomic E-state index is 0.183. The lowest BCUT2D eigenvalue weighted by molar-refractivity contribution is 0.255. The monoisotopic (exact) mass is 300 g/mol. The summed E-state index contributed by atoms with van der Waals surface area (Å²) in [6.07, 6.45) is 6.54. The van der Waals surface area contributed by atoms with Gasteiger partial charge in [-0.1, -0.05) is 0 Å². The van der Waals surface area contributed by atoms with Crippen molar-refractivity contribution in [1.29, 1.82) is 0 Å². The van der Waals surface area contributed by atoms with Gasteiger partial charge in [-0.05, 0) is 26.9 Å². The van der Waals surface area contributed by atoms with Crippen LogP contribution in [0.2, 0.25) is 0 Å². The maximum Gasteiger partial charge on any atom is 0.213 e. The second-order valence-electron chi connectivity index (χ2n) is 5.18. The van der Waals surface area contributed by atoms with Crippen molar-refractivity contribution in [3.63, 3.8) is 0 Å². The molecule has 0 fully saturated rings. The molecule has 114 valence electrons. The second kappa shape index (κ2) is 7.66. The lowest BCUT2D eigenvalue weighted by atomic mass is 10.1. The third-order valence-electron chi connectivity index (χ3n) is 3.34. The van der Waals surface area contributed by atoms with Gasteiger partial charge in [-0.3, -0.25) is 9.97 Å². The molecule has 0 aliphatic heterocycles. The van der Waals surface area contributed by atoms with E-state index in [0.717, 1.165) is 18.7 Å². The summed E-state index contributed by atoms with van der Waals surface area (Å²) >= 11 is 0. The van der Waals surface area contributed by atoms with E-state index in [-0.39, 0.29) is 5.75 Å². The van der Waals surface area contributed by atoms with Gasteiger partial charge in [0.2, 0.25) is 10.0 Å². The van der Waals surface area contributed by atoms with Crippen LogP contribution in [0.25, 0.3) is 0 Å². The highest BCUT2D eigenvalue weighted by atomic mass is 32.2. The van der Waals surface area contributed by atoms with Crippen molar-refractivity contribution in [1.82, 2.24) is 19.2 Å². The fourth-order valence-corrected chi connectivity index (χ4v) is 2.65. The van der Waals surface area contributed by atoms with Crippen LogP contribution in [0.15, 0.2) is 18.6 Å². The molecule has 0 N–H and O–H groups in total. The van der Waals surface area contributed by atoms with E-state index < -0.39 is 10.0 Å². The van der Waals surface area contributed by atoms with Gasteiger partial charge in [-0.2, -0.15) is 0 Å². The Labute approximate surface area is 121 Å². The van der Waals surface area contributed by atoms with Gasteiger partial charge < -0.3 is 4.90 Å². The Hall–Kier alpha value is -1.05. The largest absolute Gasteiger partial charge is 0.303 e. The van der Waals surface area contributed by atoms with Crippen LogP contribution in [-0.2, 0) is 16.4 Å². The molecular weight excluding hydrogens is 276 g/mol. The lowest BCUT2D eigenvalue weighted by Crippen LogP contribution is -2.34. The van der Waals surface area contributed by atoms with Crippen LogP contribution in [0.3, 0.4) is 0 Å². The number of likely N-dealkylation sites (N-methyl/N-ethyl adjacent to an activating group) is 1. The molecule has 0 spiro atoms. The molecule has 0 aliphatic rings. The van der Waals surface area contributed by atoms with E-state index in [2.05, 4.69) is 21.8 Å². The molecule has 20 heavy (non-hydrogen) atoms. The zero-order chi connectivity index (χ0) is 15.2. The highest BCUT2D eigenvalue weighted by Gasteiger charge is 2.15. The quantitative estimate of drug-likeness (QED) is 0.704. The zero-order valence-corrected chi connectivity index (χ0v) is 13.5. The standard InChI is InChI=1S/C13H24N4O2S/c1-12(10-13-11-14-6-7-15-13)17(4)8-5-9-20(18,19)16(2)3/h6-7,11-12H,5,8-10H2,1-4H3. The molecule has 0 radical (unpaired) electrons. The van der Waals surface area contributed by atoms with Crippen molar-refractivity contribution < 1.29 is 8.42 Å². The topological polar surface area (TPSA) is 66.4 Å². The van der Waals surface area contributed by atoms with Gasteiger partial charge in [0.05, 0.1) is 11.4 Å². The van der Waals surface area contributed by atoms with Crippen molar-refractivity contribution in [3.8, 4) is 0 Å². The molecular formula is C13H24N4O2S. The highest BCUT2D eigenvalue weighted by molar-refractivity contribution is 7.89. The SMILES string of the molecule is CC(Cc1cnccn1)N(C)CCCS(=O)(=O)N(C)C. The Balaban J connectivity index is 2.37. The second-order valence-corrected chi connectivity index (χ2v) is 7.48. The molecule has 1 rings (SSSR count). The van der Waals surface area contributed by atoms with E-state index in [9.17, 15) is 8.42 Å². The van der Waals surface area contributed by atoms with Crippen LogP contribution in [0, 0.1) is 0 Å². The van der Waals surface area contributed by atoms with Crippen molar-refractivity contribution in [3.05, 3.63) is 24.3 Å². The molecule has 1 heterocycles. The Bertz CT molecular complexity index is 490. The van der Waals surface area contributed by atoms with Crippen molar-refractivity contribution in [2.45, 2.75) is 25.8 Å². The van der Waals surface area contributed by atoms with Crippen LogP contribution >= 0.6 is 0 Å². The van der Waals surface area contributed by atoms with E-state index in [1.165, 1.54) is 4.31 Å². The summed E-state index contributed by atoms with van der Waals surface area (Å²) in [7, 11) is 2.04. The lowest BCUT2D eigenvalue weighted by Gasteiger charge is -2.24. The number of aromatic nitrogens is 2. The Morgan fingerprint density at radius 3 is 2.50 bits per heavy atom. The third-order valence-corrected chi connectivity index (χ3v) is 5.26. The minimum Gasteiger partial charge on any atom is -0.303 e. The highest BCUT2D eigenvalue weighted by Crippen LogP contribution is 2.06. The normalized spacial score (nSPS) is 13.9. The molecule has 1 atom stereocenters. The number of sulfonamides is 1. The van der Waals surface area contributed by atoms with Crippen LogP contribution in [0.5, 0.6) is 0 Å². The molecule has 0 saturated heterocycles. The molecule has 1 aromatic heterocycles. The average Bonchev–Trinajstić information content (AvgIpc) is 2.39. The first-order valence-corrected chi connectivity index (χ1v) is 8.29. The number of rotatable bonds is 8. The Morgan fingerprint density at radius 1 is 1.25 bits per heavy atom. The van der Waals surface area contributed by atoms with E-state index in [1.54, 1.807) is 32.7 Å². The van der Waals surface area contributed by atoms with Crippen LogP contribution in [0.4, 0.5) is 0 Å².